The quantitative estimate of drug-likeness (QED) is 0.329. The highest BCUT2D eigenvalue weighted by molar-refractivity contribution is 5.79. The number of ether oxygens (including phenoxy) is 2. The Balaban J connectivity index is 0.000000469. The van der Waals surface area contributed by atoms with Crippen LogP contribution in [0.2, 0.25) is 0 Å². The molecule has 0 N–H and O–H groups in total. The Hall–Kier alpha value is -4.92. The summed E-state index contributed by atoms with van der Waals surface area (Å²) < 4.78 is 10.6. The average Bonchev–Trinajstić information content (AvgIpc) is 2.98. The van der Waals surface area contributed by atoms with Crippen LogP contribution in [0.1, 0.15) is 0 Å². The number of nitrogens with zero attached hydrogens (tertiary/aromatic N) is 7. The first-order valence-electron chi connectivity index (χ1n) is 11.5. The minimum atomic E-state index is 0.577. The third kappa shape index (κ3) is 6.40. The van der Waals surface area contributed by atoms with Gasteiger partial charge in [0.25, 0.3) is 0 Å². The van der Waals surface area contributed by atoms with Crippen molar-refractivity contribution in [2.75, 3.05) is 33.2 Å². The second-order valence-electron chi connectivity index (χ2n) is 8.02. The molecule has 3 aromatic carbocycles. The molecule has 9 nitrogen and oxygen atoms in total. The highest BCUT2D eigenvalue weighted by Crippen LogP contribution is 2.32. The molecule has 0 atom stereocenters. The van der Waals surface area contributed by atoms with E-state index in [4.69, 9.17) is 14.5 Å². The van der Waals surface area contributed by atoms with Crippen molar-refractivity contribution in [2.24, 2.45) is 0 Å². The monoisotopic (exact) mass is 493 g/mol. The van der Waals surface area contributed by atoms with Gasteiger partial charge in [-0.25, -0.2) is 9.97 Å². The first-order valence-corrected chi connectivity index (χ1v) is 11.5. The van der Waals surface area contributed by atoms with Gasteiger partial charge < -0.3 is 14.4 Å². The summed E-state index contributed by atoms with van der Waals surface area (Å²) in [7, 11) is 7.33. The summed E-state index contributed by atoms with van der Waals surface area (Å²) in [6, 6.07) is 23.6. The molecule has 0 fully saturated rings. The van der Waals surface area contributed by atoms with Crippen molar-refractivity contribution in [1.29, 1.82) is 0 Å². The zero-order valence-electron chi connectivity index (χ0n) is 21.1. The Morgan fingerprint density at radius 2 is 1.16 bits per heavy atom. The Bertz CT molecular complexity index is 1370. The van der Waals surface area contributed by atoms with Gasteiger partial charge >= 0.3 is 0 Å². The normalized spacial score (nSPS) is 10.2. The van der Waals surface area contributed by atoms with Crippen LogP contribution in [0.4, 0.5) is 5.69 Å². The predicted octanol–water partition coefficient (Wildman–Crippen LogP) is 4.83. The molecule has 37 heavy (non-hydrogen) atoms. The fourth-order valence-electron chi connectivity index (χ4n) is 3.46. The van der Waals surface area contributed by atoms with Crippen molar-refractivity contribution in [3.05, 3.63) is 91.5 Å². The molecular formula is C28H27N7O2. The molecule has 5 rings (SSSR count). The fraction of sp³-hybridized carbons (Fsp3) is 0.143. The second kappa shape index (κ2) is 12.2. The Labute approximate surface area is 215 Å². The lowest BCUT2D eigenvalue weighted by molar-refractivity contribution is 0.414. The van der Waals surface area contributed by atoms with E-state index >= 15 is 0 Å². The summed E-state index contributed by atoms with van der Waals surface area (Å²) in [5.41, 5.74) is 5.35. The van der Waals surface area contributed by atoms with Crippen LogP contribution in [0.3, 0.4) is 0 Å². The van der Waals surface area contributed by atoms with Gasteiger partial charge in [0.1, 0.15) is 29.2 Å². The molecule has 2 aromatic heterocycles. The summed E-state index contributed by atoms with van der Waals surface area (Å²) in [5.74, 6) is 2.15. The molecule has 186 valence electrons. The second-order valence-corrected chi connectivity index (χ2v) is 8.02. The molecule has 0 radical (unpaired) electrons. The number of hydrogen-bond acceptors (Lipinski definition) is 9. The number of rotatable bonds is 6. The lowest BCUT2D eigenvalue weighted by Crippen LogP contribution is -2.08. The van der Waals surface area contributed by atoms with E-state index in [2.05, 4.69) is 30.3 Å². The van der Waals surface area contributed by atoms with E-state index < -0.39 is 0 Å². The zero-order valence-corrected chi connectivity index (χ0v) is 21.1. The number of methoxy groups -OCH3 is 2. The maximum atomic E-state index is 5.30. The van der Waals surface area contributed by atoms with Crippen molar-refractivity contribution < 1.29 is 9.47 Å². The Morgan fingerprint density at radius 1 is 0.595 bits per heavy atom. The van der Waals surface area contributed by atoms with Gasteiger partial charge in [-0.3, -0.25) is 0 Å². The molecule has 0 saturated heterocycles. The standard InChI is InChI=1S/C25H24N4O2.C3H3N3/c1-29(2)20-11-5-19(6-12-20)25-26-23(17-7-13-21(30-3)14-8-17)24(27-28-25)18-9-15-22(31-4)16-10-18;1-2-5-6-3-4-1/h5-16H,1-4H3;1-3H. The Kier molecular flexibility index (Phi) is 8.28. The van der Waals surface area contributed by atoms with E-state index in [9.17, 15) is 0 Å². The number of benzene rings is 3. The topological polar surface area (TPSA) is 99.0 Å². The summed E-state index contributed by atoms with van der Waals surface area (Å²) in [4.78, 5) is 10.6. The number of aromatic nitrogens is 6. The van der Waals surface area contributed by atoms with E-state index in [1.54, 1.807) is 20.4 Å². The van der Waals surface area contributed by atoms with Crippen molar-refractivity contribution in [2.45, 2.75) is 0 Å². The van der Waals surface area contributed by atoms with Crippen LogP contribution < -0.4 is 14.4 Å². The van der Waals surface area contributed by atoms with Gasteiger partial charge in [0.2, 0.25) is 0 Å². The maximum Gasteiger partial charge on any atom is 0.182 e. The molecule has 0 aliphatic carbocycles. The summed E-state index contributed by atoms with van der Waals surface area (Å²) in [6.07, 6.45) is 4.49. The van der Waals surface area contributed by atoms with Gasteiger partial charge in [-0.15, -0.1) is 15.3 Å². The van der Waals surface area contributed by atoms with Gasteiger partial charge in [0.15, 0.2) is 5.82 Å². The van der Waals surface area contributed by atoms with E-state index in [1.807, 2.05) is 86.9 Å². The number of hydrogen-bond donors (Lipinski definition) is 0. The molecule has 0 aliphatic heterocycles. The van der Waals surface area contributed by atoms with E-state index in [1.165, 1.54) is 12.5 Å². The van der Waals surface area contributed by atoms with Crippen LogP contribution in [0.5, 0.6) is 11.5 Å². The molecule has 0 bridgehead atoms. The number of anilines is 1. The third-order valence-corrected chi connectivity index (χ3v) is 5.46. The molecule has 5 aromatic rings. The summed E-state index contributed by atoms with van der Waals surface area (Å²) in [5, 5.41) is 15.9. The van der Waals surface area contributed by atoms with Crippen molar-refractivity contribution in [1.82, 2.24) is 30.4 Å². The van der Waals surface area contributed by atoms with Gasteiger partial charge in [-0.1, -0.05) is 0 Å². The summed E-state index contributed by atoms with van der Waals surface area (Å²) >= 11 is 0. The van der Waals surface area contributed by atoms with E-state index in [0.29, 0.717) is 11.5 Å². The molecular weight excluding hydrogens is 466 g/mol. The zero-order chi connectivity index (χ0) is 26.0. The van der Waals surface area contributed by atoms with Gasteiger partial charge in [0, 0.05) is 42.7 Å². The highest BCUT2D eigenvalue weighted by atomic mass is 16.5. The average molecular weight is 494 g/mol. The molecule has 0 saturated carbocycles. The van der Waals surface area contributed by atoms with Crippen LogP contribution in [0.25, 0.3) is 33.9 Å². The smallest absolute Gasteiger partial charge is 0.182 e. The highest BCUT2D eigenvalue weighted by Gasteiger charge is 2.15. The van der Waals surface area contributed by atoms with Crippen LogP contribution in [0.15, 0.2) is 91.5 Å². The third-order valence-electron chi connectivity index (χ3n) is 5.46. The largest absolute Gasteiger partial charge is 0.497 e. The Morgan fingerprint density at radius 3 is 1.59 bits per heavy atom. The minimum absolute atomic E-state index is 0.577. The molecule has 0 amide bonds. The fourth-order valence-corrected chi connectivity index (χ4v) is 3.46. The van der Waals surface area contributed by atoms with Gasteiger partial charge in [-0.2, -0.15) is 5.10 Å². The van der Waals surface area contributed by atoms with E-state index in [-0.39, 0.29) is 0 Å². The lowest BCUT2D eigenvalue weighted by Gasteiger charge is -2.13. The predicted molar refractivity (Wildman–Crippen MR) is 143 cm³/mol. The molecule has 9 heteroatoms. The first-order chi connectivity index (χ1) is 18.1. The van der Waals surface area contributed by atoms with Crippen LogP contribution in [-0.2, 0) is 0 Å². The molecule has 0 aliphatic rings. The molecule has 0 spiro atoms. The lowest BCUT2D eigenvalue weighted by atomic mass is 10.0. The first kappa shape index (κ1) is 25.2. The SMILES string of the molecule is COc1ccc(-c2nnc(-c3ccc(N(C)C)cc3)nc2-c2ccc(OC)cc2)cc1.c1cnncn1. The van der Waals surface area contributed by atoms with Crippen molar-refractivity contribution >= 4 is 5.69 Å². The van der Waals surface area contributed by atoms with Crippen LogP contribution in [-0.4, -0.2) is 58.7 Å². The molecule has 0 unspecified atom stereocenters. The summed E-state index contributed by atoms with van der Waals surface area (Å²) in [6.45, 7) is 0. The van der Waals surface area contributed by atoms with E-state index in [0.717, 1.165) is 39.6 Å². The van der Waals surface area contributed by atoms with Crippen LogP contribution in [0, 0.1) is 0 Å². The maximum absolute atomic E-state index is 5.30. The van der Waals surface area contributed by atoms with Crippen molar-refractivity contribution in [3.8, 4) is 45.4 Å². The van der Waals surface area contributed by atoms with Crippen LogP contribution >= 0.6 is 0 Å². The van der Waals surface area contributed by atoms with Gasteiger partial charge in [0.05, 0.1) is 20.4 Å². The minimum Gasteiger partial charge on any atom is -0.497 e. The van der Waals surface area contributed by atoms with Crippen molar-refractivity contribution in [3.63, 3.8) is 0 Å². The molecule has 2 heterocycles. The van der Waals surface area contributed by atoms with Gasteiger partial charge in [-0.05, 0) is 72.8 Å².